The molecule has 0 aromatic carbocycles. The zero-order valence-electron chi connectivity index (χ0n) is 12.9. The number of methoxy groups -OCH3 is 1. The van der Waals surface area contributed by atoms with E-state index in [0.29, 0.717) is 18.5 Å². The molecule has 1 fully saturated rings. The third kappa shape index (κ3) is 4.46. The van der Waals surface area contributed by atoms with Gasteiger partial charge in [-0.2, -0.15) is 0 Å². The highest BCUT2D eigenvalue weighted by molar-refractivity contribution is 5.79. The molecule has 1 rings (SSSR count). The molecule has 3 unspecified atom stereocenters. The number of piperidine rings is 1. The summed E-state index contributed by atoms with van der Waals surface area (Å²) < 4.78 is 4.80. The highest BCUT2D eigenvalue weighted by Gasteiger charge is 2.35. The summed E-state index contributed by atoms with van der Waals surface area (Å²) in [6, 6.07) is 0.980. The van der Waals surface area contributed by atoms with Crippen molar-refractivity contribution in [3.8, 4) is 0 Å². The van der Waals surface area contributed by atoms with Crippen molar-refractivity contribution in [1.29, 1.82) is 0 Å². The second-order valence-corrected chi connectivity index (χ2v) is 6.14. The molecule has 1 heterocycles. The van der Waals surface area contributed by atoms with E-state index in [1.54, 1.807) is 6.92 Å². The third-order valence-corrected chi connectivity index (χ3v) is 4.23. The number of esters is 1. The van der Waals surface area contributed by atoms with E-state index in [-0.39, 0.29) is 5.97 Å². The van der Waals surface area contributed by atoms with Gasteiger partial charge in [0.15, 0.2) is 0 Å². The molecule has 1 aliphatic heterocycles. The van der Waals surface area contributed by atoms with E-state index < -0.39 is 5.54 Å². The fourth-order valence-corrected chi connectivity index (χ4v) is 3.29. The first kappa shape index (κ1) is 16.4. The molecule has 0 bridgehead atoms. The highest BCUT2D eigenvalue weighted by Crippen LogP contribution is 2.26. The van der Waals surface area contributed by atoms with Gasteiger partial charge in [0.2, 0.25) is 0 Å². The number of nitrogens with two attached hydrogens (primary N) is 1. The smallest absolute Gasteiger partial charge is 0.325 e. The first-order chi connectivity index (χ1) is 8.92. The lowest BCUT2D eigenvalue weighted by Gasteiger charge is -2.42. The first-order valence-electron chi connectivity index (χ1n) is 7.55. The van der Waals surface area contributed by atoms with Gasteiger partial charge in [0.05, 0.1) is 7.11 Å². The van der Waals surface area contributed by atoms with Crippen molar-refractivity contribution in [2.75, 3.05) is 13.7 Å². The molecule has 0 aliphatic carbocycles. The Balaban J connectivity index is 2.64. The SMILES string of the molecule is CCCC1CCCCN1C(C)CC(C)(N)C(=O)OC. The maximum atomic E-state index is 11.7. The molecular weight excluding hydrogens is 240 g/mol. The standard InChI is InChI=1S/C15H30N2O2/c1-5-8-13-9-6-7-10-17(13)12(2)11-15(3,16)14(18)19-4/h12-13H,5-11,16H2,1-4H3. The van der Waals surface area contributed by atoms with Gasteiger partial charge in [0, 0.05) is 12.1 Å². The first-order valence-corrected chi connectivity index (χ1v) is 7.55. The van der Waals surface area contributed by atoms with Gasteiger partial charge < -0.3 is 10.5 Å². The summed E-state index contributed by atoms with van der Waals surface area (Å²) in [5.41, 5.74) is 5.21. The van der Waals surface area contributed by atoms with E-state index >= 15 is 0 Å². The van der Waals surface area contributed by atoms with Gasteiger partial charge in [-0.25, -0.2) is 0 Å². The van der Waals surface area contributed by atoms with Crippen LogP contribution in [0.3, 0.4) is 0 Å². The van der Waals surface area contributed by atoms with Crippen molar-refractivity contribution in [2.45, 2.75) is 76.9 Å². The van der Waals surface area contributed by atoms with Crippen molar-refractivity contribution in [2.24, 2.45) is 5.73 Å². The quantitative estimate of drug-likeness (QED) is 0.753. The molecule has 1 saturated heterocycles. The summed E-state index contributed by atoms with van der Waals surface area (Å²) in [6.07, 6.45) is 6.96. The second kappa shape index (κ2) is 7.25. The predicted octanol–water partition coefficient (Wildman–Crippen LogP) is 2.31. The van der Waals surface area contributed by atoms with Gasteiger partial charge in [-0.3, -0.25) is 9.69 Å². The Morgan fingerprint density at radius 2 is 2.21 bits per heavy atom. The number of rotatable bonds is 6. The molecule has 4 nitrogen and oxygen atoms in total. The van der Waals surface area contributed by atoms with Crippen LogP contribution >= 0.6 is 0 Å². The third-order valence-electron chi connectivity index (χ3n) is 4.23. The van der Waals surface area contributed by atoms with Crippen LogP contribution in [0.2, 0.25) is 0 Å². The second-order valence-electron chi connectivity index (χ2n) is 6.14. The number of carbonyl (C=O) groups is 1. The van der Waals surface area contributed by atoms with E-state index in [1.807, 2.05) is 0 Å². The van der Waals surface area contributed by atoms with E-state index in [9.17, 15) is 4.79 Å². The maximum absolute atomic E-state index is 11.7. The van der Waals surface area contributed by atoms with Crippen molar-refractivity contribution < 1.29 is 9.53 Å². The van der Waals surface area contributed by atoms with Gasteiger partial charge >= 0.3 is 5.97 Å². The molecule has 0 saturated carbocycles. The number of likely N-dealkylation sites (tertiary alicyclic amines) is 1. The van der Waals surface area contributed by atoms with Crippen molar-refractivity contribution in [3.63, 3.8) is 0 Å². The van der Waals surface area contributed by atoms with Crippen LogP contribution < -0.4 is 5.73 Å². The molecule has 0 spiro atoms. The topological polar surface area (TPSA) is 55.6 Å². The zero-order chi connectivity index (χ0) is 14.5. The van der Waals surface area contributed by atoms with E-state index in [0.717, 1.165) is 6.54 Å². The Morgan fingerprint density at radius 1 is 1.53 bits per heavy atom. The van der Waals surface area contributed by atoms with Gasteiger partial charge in [-0.15, -0.1) is 0 Å². The fourth-order valence-electron chi connectivity index (χ4n) is 3.29. The van der Waals surface area contributed by atoms with Crippen molar-refractivity contribution in [1.82, 2.24) is 4.90 Å². The Labute approximate surface area is 117 Å². The average molecular weight is 270 g/mol. The van der Waals surface area contributed by atoms with Crippen molar-refractivity contribution in [3.05, 3.63) is 0 Å². The van der Waals surface area contributed by atoms with Crippen LogP contribution in [0.1, 0.15) is 59.3 Å². The lowest BCUT2D eigenvalue weighted by Crippen LogP contribution is -2.53. The average Bonchev–Trinajstić information content (AvgIpc) is 2.38. The zero-order valence-corrected chi connectivity index (χ0v) is 12.9. The van der Waals surface area contributed by atoms with Gasteiger partial charge in [-0.05, 0) is 46.1 Å². The lowest BCUT2D eigenvalue weighted by molar-refractivity contribution is -0.147. The largest absolute Gasteiger partial charge is 0.468 e. The van der Waals surface area contributed by atoms with Crippen molar-refractivity contribution >= 4 is 5.97 Å². The molecule has 112 valence electrons. The summed E-state index contributed by atoms with van der Waals surface area (Å²) in [6.45, 7) is 7.32. The summed E-state index contributed by atoms with van der Waals surface area (Å²) in [5, 5.41) is 0. The Hall–Kier alpha value is -0.610. The number of carbonyl (C=O) groups excluding carboxylic acids is 1. The highest BCUT2D eigenvalue weighted by atomic mass is 16.5. The van der Waals surface area contributed by atoms with Crippen LogP contribution in [-0.4, -0.2) is 42.1 Å². The van der Waals surface area contributed by atoms with Crippen LogP contribution in [0.25, 0.3) is 0 Å². The Kier molecular flexibility index (Phi) is 6.27. The normalized spacial score (nSPS) is 25.6. The van der Waals surface area contributed by atoms with Crippen LogP contribution in [0.15, 0.2) is 0 Å². The molecule has 19 heavy (non-hydrogen) atoms. The summed E-state index contributed by atoms with van der Waals surface area (Å²) in [5.74, 6) is -0.316. The molecule has 1 aliphatic rings. The number of hydrogen-bond acceptors (Lipinski definition) is 4. The van der Waals surface area contributed by atoms with Gasteiger partial charge in [0.25, 0.3) is 0 Å². The monoisotopic (exact) mass is 270 g/mol. The molecule has 4 heteroatoms. The molecule has 0 amide bonds. The van der Waals surface area contributed by atoms with E-state index in [2.05, 4.69) is 18.7 Å². The minimum Gasteiger partial charge on any atom is -0.468 e. The molecule has 0 aromatic heterocycles. The predicted molar refractivity (Wildman–Crippen MR) is 77.9 cm³/mol. The molecular formula is C15H30N2O2. The van der Waals surface area contributed by atoms with Crippen LogP contribution in [0.4, 0.5) is 0 Å². The lowest BCUT2D eigenvalue weighted by atomic mass is 9.90. The molecule has 0 radical (unpaired) electrons. The number of nitrogens with zero attached hydrogens (tertiary/aromatic N) is 1. The molecule has 2 N–H and O–H groups in total. The van der Waals surface area contributed by atoms with Crippen LogP contribution in [0.5, 0.6) is 0 Å². The van der Waals surface area contributed by atoms with Crippen LogP contribution in [-0.2, 0) is 9.53 Å². The summed E-state index contributed by atoms with van der Waals surface area (Å²) >= 11 is 0. The van der Waals surface area contributed by atoms with E-state index in [4.69, 9.17) is 10.5 Å². The number of ether oxygens (including phenoxy) is 1. The maximum Gasteiger partial charge on any atom is 0.325 e. The molecule has 3 atom stereocenters. The minimum atomic E-state index is -0.887. The number of hydrogen-bond donors (Lipinski definition) is 1. The van der Waals surface area contributed by atoms with Gasteiger partial charge in [0.1, 0.15) is 5.54 Å². The summed E-state index contributed by atoms with van der Waals surface area (Å²) in [4.78, 5) is 14.2. The van der Waals surface area contributed by atoms with Gasteiger partial charge in [-0.1, -0.05) is 19.8 Å². The van der Waals surface area contributed by atoms with Crippen LogP contribution in [0, 0.1) is 0 Å². The fraction of sp³-hybridized carbons (Fsp3) is 0.933. The van der Waals surface area contributed by atoms with E-state index in [1.165, 1.54) is 39.2 Å². The Bertz CT molecular complexity index is 290. The summed E-state index contributed by atoms with van der Waals surface area (Å²) in [7, 11) is 1.40. The molecule has 0 aromatic rings. The minimum absolute atomic E-state index is 0.316. The Morgan fingerprint density at radius 3 is 2.79 bits per heavy atom.